The number of aliphatic hydroxyl groups is 1. The zero-order chi connectivity index (χ0) is 17.5. The highest BCUT2D eigenvalue weighted by Gasteiger charge is 2.19. The first-order valence-corrected chi connectivity index (χ1v) is 8.40. The normalized spacial score (nSPS) is 17.2. The largest absolute Gasteiger partial charge is 0.391 e. The third-order valence-corrected chi connectivity index (χ3v) is 4.00. The number of hydrogen-bond acceptors (Lipinski definition) is 7. The second-order valence-electron chi connectivity index (χ2n) is 5.90. The van der Waals surface area contributed by atoms with Crippen molar-refractivity contribution in [3.05, 3.63) is 42.4 Å². The minimum atomic E-state index is -0.302. The van der Waals surface area contributed by atoms with Gasteiger partial charge in [-0.25, -0.2) is 4.98 Å². The number of pyridine rings is 1. The summed E-state index contributed by atoms with van der Waals surface area (Å²) < 4.78 is 0. The van der Waals surface area contributed by atoms with Crippen LogP contribution >= 0.6 is 0 Å². The summed E-state index contributed by atoms with van der Waals surface area (Å²) in [5, 5.41) is 15.7. The molecule has 0 aliphatic carbocycles. The molecule has 0 spiro atoms. The minimum absolute atomic E-state index is 0.138. The predicted octanol–water partition coefficient (Wildman–Crippen LogP) is 0.675. The summed E-state index contributed by atoms with van der Waals surface area (Å²) in [5.74, 6) is 1.17. The molecule has 132 valence electrons. The number of anilines is 2. The Labute approximate surface area is 146 Å². The quantitative estimate of drug-likeness (QED) is 0.663. The molecule has 1 aliphatic heterocycles. The molecule has 3 rings (SSSR count). The van der Waals surface area contributed by atoms with Crippen LogP contribution in [0.15, 0.2) is 36.8 Å². The first-order chi connectivity index (χ1) is 12.2. The summed E-state index contributed by atoms with van der Waals surface area (Å²) in [5.41, 5.74) is 0.580. The molecule has 0 unspecified atom stereocenters. The summed E-state index contributed by atoms with van der Waals surface area (Å²) in [7, 11) is 0. The van der Waals surface area contributed by atoms with E-state index in [1.807, 2.05) is 6.07 Å². The number of nitrogens with one attached hydrogen (secondary N) is 2. The average Bonchev–Trinajstić information content (AvgIpc) is 2.66. The van der Waals surface area contributed by atoms with E-state index in [2.05, 4.69) is 30.5 Å². The second kappa shape index (κ2) is 8.39. The van der Waals surface area contributed by atoms with Gasteiger partial charge in [0.1, 0.15) is 5.82 Å². The van der Waals surface area contributed by atoms with Gasteiger partial charge in [-0.15, -0.1) is 0 Å². The number of aliphatic hydroxyl groups excluding tert-OH is 1. The second-order valence-corrected chi connectivity index (χ2v) is 5.90. The predicted molar refractivity (Wildman–Crippen MR) is 94.5 cm³/mol. The van der Waals surface area contributed by atoms with Crippen LogP contribution in [-0.4, -0.2) is 58.2 Å². The van der Waals surface area contributed by atoms with Crippen molar-refractivity contribution in [2.75, 3.05) is 36.4 Å². The maximum atomic E-state index is 11.9. The zero-order valence-corrected chi connectivity index (χ0v) is 13.9. The number of rotatable bonds is 6. The SMILES string of the molecule is O=C(NCCNc1nccc(N2CCC[C@H](O)C2)n1)c1ccncc1. The standard InChI is InChI=1S/C17H22N6O2/c24-14-2-1-11-23(12-14)15-5-8-20-17(22-15)21-10-9-19-16(25)13-3-6-18-7-4-13/h3-8,14,24H,1-2,9-12H2,(H,19,25)(H,20,21,22)/t14-/m0/s1. The number of nitrogens with zero attached hydrogens (tertiary/aromatic N) is 4. The Morgan fingerprint density at radius 2 is 2.08 bits per heavy atom. The van der Waals surface area contributed by atoms with E-state index in [1.54, 1.807) is 30.7 Å². The Hall–Kier alpha value is -2.74. The highest BCUT2D eigenvalue weighted by atomic mass is 16.3. The van der Waals surface area contributed by atoms with Crippen LogP contribution < -0.4 is 15.5 Å². The lowest BCUT2D eigenvalue weighted by atomic mass is 10.1. The molecule has 2 aromatic rings. The molecule has 1 saturated heterocycles. The Kier molecular flexibility index (Phi) is 5.73. The number of amides is 1. The highest BCUT2D eigenvalue weighted by Crippen LogP contribution is 2.18. The van der Waals surface area contributed by atoms with Crippen LogP contribution in [0, 0.1) is 0 Å². The third kappa shape index (κ3) is 4.87. The van der Waals surface area contributed by atoms with E-state index in [4.69, 9.17) is 0 Å². The molecule has 3 N–H and O–H groups in total. The van der Waals surface area contributed by atoms with Gasteiger partial charge in [-0.05, 0) is 31.0 Å². The Morgan fingerprint density at radius 1 is 1.24 bits per heavy atom. The first kappa shape index (κ1) is 17.1. The first-order valence-electron chi connectivity index (χ1n) is 8.40. The van der Waals surface area contributed by atoms with Crippen LogP contribution in [-0.2, 0) is 0 Å². The van der Waals surface area contributed by atoms with Crippen molar-refractivity contribution in [1.29, 1.82) is 0 Å². The van der Waals surface area contributed by atoms with Gasteiger partial charge in [0.15, 0.2) is 0 Å². The lowest BCUT2D eigenvalue weighted by molar-refractivity contribution is 0.0955. The monoisotopic (exact) mass is 342 g/mol. The topological polar surface area (TPSA) is 103 Å². The van der Waals surface area contributed by atoms with Crippen molar-refractivity contribution in [3.63, 3.8) is 0 Å². The molecule has 8 heteroatoms. The third-order valence-electron chi connectivity index (χ3n) is 4.00. The van der Waals surface area contributed by atoms with E-state index in [9.17, 15) is 9.90 Å². The van der Waals surface area contributed by atoms with Crippen molar-refractivity contribution in [2.45, 2.75) is 18.9 Å². The number of hydrogen-bond donors (Lipinski definition) is 3. The van der Waals surface area contributed by atoms with Crippen LogP contribution in [0.25, 0.3) is 0 Å². The maximum absolute atomic E-state index is 11.9. The van der Waals surface area contributed by atoms with Crippen molar-refractivity contribution >= 4 is 17.7 Å². The summed E-state index contributed by atoms with van der Waals surface area (Å²) >= 11 is 0. The molecule has 0 aromatic carbocycles. The van der Waals surface area contributed by atoms with Crippen molar-refractivity contribution < 1.29 is 9.90 Å². The molecule has 1 atom stereocenters. The van der Waals surface area contributed by atoms with Crippen LogP contribution in [0.2, 0.25) is 0 Å². The molecule has 0 bridgehead atoms. The van der Waals surface area contributed by atoms with E-state index in [-0.39, 0.29) is 12.0 Å². The van der Waals surface area contributed by atoms with Gasteiger partial charge in [0.25, 0.3) is 5.91 Å². The van der Waals surface area contributed by atoms with Gasteiger partial charge in [0.2, 0.25) is 5.95 Å². The van der Waals surface area contributed by atoms with Crippen molar-refractivity contribution in [2.24, 2.45) is 0 Å². The lowest BCUT2D eigenvalue weighted by Gasteiger charge is -2.31. The van der Waals surface area contributed by atoms with Crippen LogP contribution in [0.1, 0.15) is 23.2 Å². The molecule has 1 aliphatic rings. The molecule has 0 radical (unpaired) electrons. The molecule has 25 heavy (non-hydrogen) atoms. The smallest absolute Gasteiger partial charge is 0.251 e. The summed E-state index contributed by atoms with van der Waals surface area (Å²) in [6.07, 6.45) is 6.36. The van der Waals surface area contributed by atoms with Gasteiger partial charge in [0.05, 0.1) is 6.10 Å². The van der Waals surface area contributed by atoms with E-state index in [0.717, 1.165) is 25.2 Å². The van der Waals surface area contributed by atoms with E-state index < -0.39 is 0 Å². The Morgan fingerprint density at radius 3 is 2.88 bits per heavy atom. The highest BCUT2D eigenvalue weighted by molar-refractivity contribution is 5.93. The number of aromatic nitrogens is 3. The number of carbonyl (C=O) groups is 1. The minimum Gasteiger partial charge on any atom is -0.391 e. The number of β-amino-alcohol motifs (C(OH)–C–C–N with tert-alkyl or cyclic N) is 1. The molecule has 3 heterocycles. The molecule has 8 nitrogen and oxygen atoms in total. The Bertz CT molecular complexity index is 697. The lowest BCUT2D eigenvalue weighted by Crippen LogP contribution is -2.38. The van der Waals surface area contributed by atoms with Gasteiger partial charge in [0, 0.05) is 50.3 Å². The molecule has 1 amide bonds. The molecule has 0 saturated carbocycles. The van der Waals surface area contributed by atoms with Crippen molar-refractivity contribution in [1.82, 2.24) is 20.3 Å². The summed E-state index contributed by atoms with van der Waals surface area (Å²) in [6.45, 7) is 2.45. The van der Waals surface area contributed by atoms with Crippen LogP contribution in [0.3, 0.4) is 0 Å². The van der Waals surface area contributed by atoms with Gasteiger partial charge < -0.3 is 20.6 Å². The van der Waals surface area contributed by atoms with E-state index in [1.165, 1.54) is 0 Å². The van der Waals surface area contributed by atoms with Gasteiger partial charge in [-0.3, -0.25) is 9.78 Å². The summed E-state index contributed by atoms with van der Waals surface area (Å²) in [4.78, 5) is 26.5. The van der Waals surface area contributed by atoms with Crippen molar-refractivity contribution in [3.8, 4) is 0 Å². The van der Waals surface area contributed by atoms with Crippen LogP contribution in [0.4, 0.5) is 11.8 Å². The van der Waals surface area contributed by atoms with Gasteiger partial charge in [-0.1, -0.05) is 0 Å². The van der Waals surface area contributed by atoms with E-state index in [0.29, 0.717) is 31.1 Å². The molecular formula is C17H22N6O2. The number of piperidine rings is 1. The summed E-state index contributed by atoms with van der Waals surface area (Å²) in [6, 6.07) is 5.18. The zero-order valence-electron chi connectivity index (χ0n) is 13.9. The Balaban J connectivity index is 1.47. The maximum Gasteiger partial charge on any atom is 0.251 e. The fraction of sp³-hybridized carbons (Fsp3) is 0.412. The molecular weight excluding hydrogens is 320 g/mol. The number of carbonyl (C=O) groups excluding carboxylic acids is 1. The van der Waals surface area contributed by atoms with Crippen LogP contribution in [0.5, 0.6) is 0 Å². The van der Waals surface area contributed by atoms with Gasteiger partial charge in [-0.2, -0.15) is 4.98 Å². The fourth-order valence-corrected chi connectivity index (χ4v) is 2.73. The van der Waals surface area contributed by atoms with Gasteiger partial charge >= 0.3 is 0 Å². The molecule has 1 fully saturated rings. The van der Waals surface area contributed by atoms with E-state index >= 15 is 0 Å². The average molecular weight is 342 g/mol. The fourth-order valence-electron chi connectivity index (χ4n) is 2.73. The molecule has 2 aromatic heterocycles.